The second kappa shape index (κ2) is 8.29. The average Bonchev–Trinajstić information content (AvgIpc) is 3.20. The number of nitrogens with zero attached hydrogens (tertiary/aromatic N) is 4. The molecule has 0 amide bonds. The predicted molar refractivity (Wildman–Crippen MR) is 94.1 cm³/mol. The average molecular weight is 370 g/mol. The van der Waals surface area contributed by atoms with Gasteiger partial charge in [-0.3, -0.25) is 0 Å². The Hall–Kier alpha value is -3.45. The molecule has 140 valence electrons. The molecule has 0 unspecified atom stereocenters. The van der Waals surface area contributed by atoms with Gasteiger partial charge in [-0.15, -0.1) is 0 Å². The number of anilines is 2. The Morgan fingerprint density at radius 1 is 1.33 bits per heavy atom. The number of nitriles is 1. The van der Waals surface area contributed by atoms with Crippen molar-refractivity contribution in [1.29, 1.82) is 5.26 Å². The van der Waals surface area contributed by atoms with E-state index in [4.69, 9.17) is 9.47 Å². The molecule has 1 atom stereocenters. The van der Waals surface area contributed by atoms with Gasteiger partial charge in [0, 0.05) is 18.8 Å². The van der Waals surface area contributed by atoms with Crippen molar-refractivity contribution in [1.82, 2.24) is 20.3 Å². The molecule has 0 spiro atoms. The summed E-state index contributed by atoms with van der Waals surface area (Å²) >= 11 is 0. The molecular weight excluding hydrogens is 352 g/mol. The topological polar surface area (TPSA) is 131 Å². The maximum Gasteiger partial charge on any atom is 0.343 e. The molecule has 1 aliphatic rings. The lowest BCUT2D eigenvalue weighted by Gasteiger charge is -2.14. The number of esters is 1. The van der Waals surface area contributed by atoms with Crippen LogP contribution in [-0.4, -0.2) is 54.3 Å². The molecule has 1 fully saturated rings. The lowest BCUT2D eigenvalue weighted by atomic mass is 10.2. The second-order valence-electron chi connectivity index (χ2n) is 5.64. The van der Waals surface area contributed by atoms with Crippen LogP contribution in [0.1, 0.15) is 22.5 Å². The summed E-state index contributed by atoms with van der Waals surface area (Å²) in [6.07, 6.45) is 3.52. The molecule has 2 aromatic heterocycles. The predicted octanol–water partition coefficient (Wildman–Crippen LogP) is 1.02. The fraction of sp³-hybridized carbons (Fsp3) is 0.353. The number of carbonyl (C=O) groups is 1. The fourth-order valence-corrected chi connectivity index (χ4v) is 2.55. The van der Waals surface area contributed by atoms with Gasteiger partial charge in [0.15, 0.2) is 5.82 Å². The Morgan fingerprint density at radius 2 is 2.19 bits per heavy atom. The van der Waals surface area contributed by atoms with E-state index in [0.29, 0.717) is 23.9 Å². The Bertz CT molecular complexity index is 876. The molecule has 0 aliphatic carbocycles. The van der Waals surface area contributed by atoms with E-state index in [1.807, 2.05) is 6.07 Å². The molecule has 0 aromatic carbocycles. The highest BCUT2D eigenvalue weighted by Gasteiger charge is 2.20. The van der Waals surface area contributed by atoms with Crippen molar-refractivity contribution in [2.24, 2.45) is 0 Å². The number of ether oxygens (including phenoxy) is 3. The SMILES string of the molecule is COC(=O)c1cnc(Nc2cnc(C#N)c(O[C@@H]3CCNC3)n2)cc1OC. The van der Waals surface area contributed by atoms with E-state index in [0.717, 1.165) is 13.0 Å². The Labute approximate surface area is 155 Å². The van der Waals surface area contributed by atoms with E-state index in [9.17, 15) is 10.1 Å². The van der Waals surface area contributed by atoms with Gasteiger partial charge in [0.1, 0.15) is 29.3 Å². The van der Waals surface area contributed by atoms with Crippen molar-refractivity contribution in [2.75, 3.05) is 32.6 Å². The molecule has 3 heterocycles. The highest BCUT2D eigenvalue weighted by molar-refractivity contribution is 5.92. The molecule has 1 saturated heterocycles. The van der Waals surface area contributed by atoms with Crippen LogP contribution in [0.4, 0.5) is 11.6 Å². The maximum absolute atomic E-state index is 11.7. The molecule has 10 nitrogen and oxygen atoms in total. The van der Waals surface area contributed by atoms with Crippen LogP contribution >= 0.6 is 0 Å². The number of aromatic nitrogens is 3. The zero-order valence-electron chi connectivity index (χ0n) is 14.9. The largest absolute Gasteiger partial charge is 0.496 e. The monoisotopic (exact) mass is 370 g/mol. The fourth-order valence-electron chi connectivity index (χ4n) is 2.55. The molecule has 0 bridgehead atoms. The van der Waals surface area contributed by atoms with Crippen LogP contribution in [0.2, 0.25) is 0 Å². The smallest absolute Gasteiger partial charge is 0.343 e. The zero-order chi connectivity index (χ0) is 19.2. The van der Waals surface area contributed by atoms with Crippen LogP contribution < -0.4 is 20.1 Å². The van der Waals surface area contributed by atoms with Crippen molar-refractivity contribution in [3.63, 3.8) is 0 Å². The van der Waals surface area contributed by atoms with Crippen LogP contribution in [-0.2, 0) is 4.74 Å². The first-order valence-corrected chi connectivity index (χ1v) is 8.18. The van der Waals surface area contributed by atoms with Crippen molar-refractivity contribution in [3.05, 3.63) is 29.7 Å². The van der Waals surface area contributed by atoms with E-state index in [1.54, 1.807) is 0 Å². The summed E-state index contributed by atoms with van der Waals surface area (Å²) in [6.45, 7) is 1.55. The van der Waals surface area contributed by atoms with E-state index in [1.165, 1.54) is 32.7 Å². The Balaban J connectivity index is 1.82. The number of carbonyl (C=O) groups excluding carboxylic acids is 1. The maximum atomic E-state index is 11.7. The molecular formula is C17H18N6O4. The third-order valence-electron chi connectivity index (χ3n) is 3.89. The minimum Gasteiger partial charge on any atom is -0.496 e. The van der Waals surface area contributed by atoms with Crippen molar-refractivity contribution >= 4 is 17.6 Å². The molecule has 0 radical (unpaired) electrons. The number of nitrogens with one attached hydrogen (secondary N) is 2. The van der Waals surface area contributed by atoms with Gasteiger partial charge in [0.2, 0.25) is 5.69 Å². The lowest BCUT2D eigenvalue weighted by Crippen LogP contribution is -2.21. The summed E-state index contributed by atoms with van der Waals surface area (Å²) in [6, 6.07) is 3.51. The Morgan fingerprint density at radius 3 is 2.85 bits per heavy atom. The summed E-state index contributed by atoms with van der Waals surface area (Å²) in [5.74, 6) is 0.635. The van der Waals surface area contributed by atoms with Gasteiger partial charge in [-0.05, 0) is 13.0 Å². The minimum absolute atomic E-state index is 0.0563. The van der Waals surface area contributed by atoms with Crippen LogP contribution in [0.5, 0.6) is 11.6 Å². The highest BCUT2D eigenvalue weighted by atomic mass is 16.5. The van der Waals surface area contributed by atoms with E-state index in [2.05, 4.69) is 30.3 Å². The summed E-state index contributed by atoms with van der Waals surface area (Å²) in [4.78, 5) is 24.2. The first-order valence-electron chi connectivity index (χ1n) is 8.18. The third-order valence-corrected chi connectivity index (χ3v) is 3.89. The zero-order valence-corrected chi connectivity index (χ0v) is 14.9. The number of methoxy groups -OCH3 is 2. The van der Waals surface area contributed by atoms with Gasteiger partial charge in [0.25, 0.3) is 5.88 Å². The van der Waals surface area contributed by atoms with Gasteiger partial charge >= 0.3 is 5.97 Å². The van der Waals surface area contributed by atoms with Crippen molar-refractivity contribution in [3.8, 4) is 17.7 Å². The molecule has 3 rings (SSSR count). The van der Waals surface area contributed by atoms with Crippen LogP contribution in [0.15, 0.2) is 18.5 Å². The van der Waals surface area contributed by atoms with Gasteiger partial charge in [-0.2, -0.15) is 10.2 Å². The quantitative estimate of drug-likeness (QED) is 0.710. The number of hydrogen-bond donors (Lipinski definition) is 2. The molecule has 10 heteroatoms. The third kappa shape index (κ3) is 4.21. The molecule has 0 saturated carbocycles. The van der Waals surface area contributed by atoms with E-state index in [-0.39, 0.29) is 23.2 Å². The second-order valence-corrected chi connectivity index (χ2v) is 5.64. The van der Waals surface area contributed by atoms with E-state index < -0.39 is 5.97 Å². The number of rotatable bonds is 6. The highest BCUT2D eigenvalue weighted by Crippen LogP contribution is 2.25. The molecule has 2 N–H and O–H groups in total. The van der Waals surface area contributed by atoms with Gasteiger partial charge in [-0.1, -0.05) is 0 Å². The minimum atomic E-state index is -0.551. The van der Waals surface area contributed by atoms with Crippen LogP contribution in [0, 0.1) is 11.3 Å². The standard InChI is InChI=1S/C17H18N6O4/c1-25-13-5-14(21-8-11(13)17(24)26-2)22-15-9-20-12(6-18)16(23-15)27-10-3-4-19-7-10/h5,8-10,19H,3-4,7H2,1-2H3,(H,21,22,23)/t10-/m1/s1. The number of hydrogen-bond acceptors (Lipinski definition) is 10. The summed E-state index contributed by atoms with van der Waals surface area (Å²) in [5.41, 5.74) is 0.313. The van der Waals surface area contributed by atoms with Gasteiger partial charge < -0.3 is 24.8 Å². The molecule has 2 aromatic rings. The van der Waals surface area contributed by atoms with E-state index >= 15 is 0 Å². The van der Waals surface area contributed by atoms with Crippen molar-refractivity contribution in [2.45, 2.75) is 12.5 Å². The Kier molecular flexibility index (Phi) is 5.63. The lowest BCUT2D eigenvalue weighted by molar-refractivity contribution is 0.0596. The molecule has 27 heavy (non-hydrogen) atoms. The van der Waals surface area contributed by atoms with Crippen molar-refractivity contribution < 1.29 is 19.0 Å². The van der Waals surface area contributed by atoms with Crippen LogP contribution in [0.3, 0.4) is 0 Å². The van der Waals surface area contributed by atoms with Crippen LogP contribution in [0.25, 0.3) is 0 Å². The first-order chi connectivity index (χ1) is 13.1. The summed E-state index contributed by atoms with van der Waals surface area (Å²) < 4.78 is 15.7. The van der Waals surface area contributed by atoms with Gasteiger partial charge in [0.05, 0.1) is 20.4 Å². The molecule has 1 aliphatic heterocycles. The van der Waals surface area contributed by atoms with Gasteiger partial charge in [-0.25, -0.2) is 14.8 Å². The number of pyridine rings is 1. The summed E-state index contributed by atoms with van der Waals surface area (Å²) in [5, 5.41) is 15.3. The summed E-state index contributed by atoms with van der Waals surface area (Å²) in [7, 11) is 2.72. The normalized spacial score (nSPS) is 15.7. The first kappa shape index (κ1) is 18.3.